The molecule has 2 aliphatic rings. The SMILES string of the molecule is CC(C)(C)COC(C)(C)CCC1CCCC(CCC2(C)CCCN2CC(C)(C)C)N1CC(C)(C)C. The summed E-state index contributed by atoms with van der Waals surface area (Å²) in [6.45, 7) is 33.0. The molecule has 0 amide bonds. The third kappa shape index (κ3) is 11.0. The van der Waals surface area contributed by atoms with Crippen molar-refractivity contribution < 1.29 is 4.74 Å². The van der Waals surface area contributed by atoms with Gasteiger partial charge < -0.3 is 4.74 Å². The Hall–Kier alpha value is -0.120. The normalized spacial score (nSPS) is 28.1. The third-order valence-corrected chi connectivity index (χ3v) is 8.23. The zero-order valence-corrected chi connectivity index (χ0v) is 26.1. The summed E-state index contributed by atoms with van der Waals surface area (Å²) < 4.78 is 6.40. The van der Waals surface area contributed by atoms with Crippen molar-refractivity contribution in [2.45, 2.75) is 164 Å². The van der Waals surface area contributed by atoms with Crippen LogP contribution in [0.4, 0.5) is 0 Å². The Labute approximate surface area is 221 Å². The van der Waals surface area contributed by atoms with Crippen LogP contribution in [0.2, 0.25) is 0 Å². The minimum Gasteiger partial charge on any atom is -0.375 e. The first-order valence-corrected chi connectivity index (χ1v) is 14.9. The molecular weight excluding hydrogens is 428 g/mol. The van der Waals surface area contributed by atoms with E-state index < -0.39 is 0 Å². The minimum absolute atomic E-state index is 0.0432. The predicted octanol–water partition coefficient (Wildman–Crippen LogP) is 8.56. The van der Waals surface area contributed by atoms with Crippen LogP contribution in [0.25, 0.3) is 0 Å². The number of ether oxygens (including phenoxy) is 1. The van der Waals surface area contributed by atoms with Crippen molar-refractivity contribution in [1.29, 1.82) is 0 Å². The fraction of sp³-hybridized carbons (Fsp3) is 1.00. The average Bonchev–Trinajstić information content (AvgIpc) is 3.02. The molecule has 2 rings (SSSR count). The molecule has 0 radical (unpaired) electrons. The highest BCUT2D eigenvalue weighted by Crippen LogP contribution is 2.39. The molecule has 2 fully saturated rings. The number of likely N-dealkylation sites (tertiary alicyclic amines) is 2. The summed E-state index contributed by atoms with van der Waals surface area (Å²) in [5.41, 5.74) is 1.28. The maximum Gasteiger partial charge on any atom is 0.0627 e. The van der Waals surface area contributed by atoms with Crippen LogP contribution in [0.1, 0.15) is 141 Å². The lowest BCUT2D eigenvalue weighted by molar-refractivity contribution is -0.0633. The topological polar surface area (TPSA) is 15.7 Å². The molecule has 0 aliphatic carbocycles. The zero-order valence-electron chi connectivity index (χ0n) is 26.1. The number of rotatable bonds is 10. The van der Waals surface area contributed by atoms with Crippen molar-refractivity contribution in [3.05, 3.63) is 0 Å². The van der Waals surface area contributed by atoms with Gasteiger partial charge in [-0.1, -0.05) is 68.7 Å². The Morgan fingerprint density at radius 3 is 1.86 bits per heavy atom. The van der Waals surface area contributed by atoms with Crippen molar-refractivity contribution in [2.24, 2.45) is 16.2 Å². The molecule has 35 heavy (non-hydrogen) atoms. The van der Waals surface area contributed by atoms with E-state index >= 15 is 0 Å². The van der Waals surface area contributed by atoms with Gasteiger partial charge in [0.05, 0.1) is 12.2 Å². The van der Waals surface area contributed by atoms with Crippen molar-refractivity contribution in [2.75, 3.05) is 26.2 Å². The zero-order chi connectivity index (χ0) is 26.7. The van der Waals surface area contributed by atoms with E-state index in [4.69, 9.17) is 4.74 Å². The summed E-state index contributed by atoms with van der Waals surface area (Å²) in [7, 11) is 0. The van der Waals surface area contributed by atoms with E-state index in [-0.39, 0.29) is 11.0 Å². The van der Waals surface area contributed by atoms with Gasteiger partial charge in [-0.2, -0.15) is 0 Å². The first kappa shape index (κ1) is 31.1. The Morgan fingerprint density at radius 2 is 1.31 bits per heavy atom. The minimum atomic E-state index is -0.0432. The molecule has 3 unspecified atom stereocenters. The number of hydrogen-bond donors (Lipinski definition) is 0. The summed E-state index contributed by atoms with van der Waals surface area (Å²) in [5.74, 6) is 0. The van der Waals surface area contributed by atoms with Crippen molar-refractivity contribution in [3.63, 3.8) is 0 Å². The lowest BCUT2D eigenvalue weighted by atomic mass is 9.82. The van der Waals surface area contributed by atoms with Crippen LogP contribution in [0.5, 0.6) is 0 Å². The van der Waals surface area contributed by atoms with E-state index in [1.165, 1.54) is 71.0 Å². The summed E-state index contributed by atoms with van der Waals surface area (Å²) in [4.78, 5) is 5.78. The fourth-order valence-corrected chi connectivity index (χ4v) is 6.33. The van der Waals surface area contributed by atoms with Gasteiger partial charge in [0.25, 0.3) is 0 Å². The van der Waals surface area contributed by atoms with Gasteiger partial charge in [-0.05, 0) is 94.9 Å². The van der Waals surface area contributed by atoms with Gasteiger partial charge in [-0.3, -0.25) is 9.80 Å². The average molecular weight is 493 g/mol. The van der Waals surface area contributed by atoms with Gasteiger partial charge in [0.1, 0.15) is 0 Å². The summed E-state index contributed by atoms with van der Waals surface area (Å²) in [6, 6.07) is 1.44. The van der Waals surface area contributed by atoms with Crippen LogP contribution in [0.15, 0.2) is 0 Å². The van der Waals surface area contributed by atoms with E-state index in [9.17, 15) is 0 Å². The van der Waals surface area contributed by atoms with Gasteiger partial charge in [-0.15, -0.1) is 0 Å². The van der Waals surface area contributed by atoms with E-state index in [0.29, 0.717) is 22.4 Å². The van der Waals surface area contributed by atoms with Gasteiger partial charge in [0.2, 0.25) is 0 Å². The van der Waals surface area contributed by atoms with Crippen LogP contribution in [0, 0.1) is 16.2 Å². The molecule has 0 aromatic rings. The molecule has 2 saturated heterocycles. The first-order valence-electron chi connectivity index (χ1n) is 14.9. The molecule has 3 heteroatoms. The first-order chi connectivity index (χ1) is 15.8. The van der Waals surface area contributed by atoms with E-state index in [2.05, 4.69) is 92.9 Å². The van der Waals surface area contributed by atoms with Crippen molar-refractivity contribution in [3.8, 4) is 0 Å². The summed E-state index contributed by atoms with van der Waals surface area (Å²) in [6.07, 6.45) is 12.0. The molecule has 0 N–H and O–H groups in total. The molecule has 208 valence electrons. The van der Waals surface area contributed by atoms with Gasteiger partial charge in [0.15, 0.2) is 0 Å². The van der Waals surface area contributed by atoms with Crippen LogP contribution in [-0.4, -0.2) is 59.3 Å². The van der Waals surface area contributed by atoms with Gasteiger partial charge in [0, 0.05) is 30.7 Å². The lowest BCUT2D eigenvalue weighted by Crippen LogP contribution is -2.52. The molecule has 0 saturated carbocycles. The monoisotopic (exact) mass is 493 g/mol. The molecule has 3 atom stereocenters. The quantitative estimate of drug-likeness (QED) is 0.304. The highest BCUT2D eigenvalue weighted by atomic mass is 16.5. The molecule has 3 nitrogen and oxygen atoms in total. The number of hydrogen-bond acceptors (Lipinski definition) is 3. The van der Waals surface area contributed by atoms with Crippen LogP contribution >= 0.6 is 0 Å². The second-order valence-electron chi connectivity index (χ2n) is 16.7. The molecule has 0 aromatic carbocycles. The molecule has 0 spiro atoms. The molecule has 0 bridgehead atoms. The highest BCUT2D eigenvalue weighted by Gasteiger charge is 2.40. The molecular formula is C32H64N2O. The lowest BCUT2D eigenvalue weighted by Gasteiger charge is -2.47. The van der Waals surface area contributed by atoms with E-state index in [0.717, 1.165) is 19.1 Å². The fourth-order valence-electron chi connectivity index (χ4n) is 6.33. The van der Waals surface area contributed by atoms with Crippen molar-refractivity contribution in [1.82, 2.24) is 9.80 Å². The Bertz CT molecular complexity index is 635. The number of piperidine rings is 1. The third-order valence-electron chi connectivity index (χ3n) is 8.23. The number of nitrogens with zero attached hydrogens (tertiary/aromatic N) is 2. The summed E-state index contributed by atoms with van der Waals surface area (Å²) >= 11 is 0. The molecule has 2 heterocycles. The molecule has 0 aromatic heterocycles. The van der Waals surface area contributed by atoms with Crippen LogP contribution < -0.4 is 0 Å². The van der Waals surface area contributed by atoms with E-state index in [1.807, 2.05) is 0 Å². The van der Waals surface area contributed by atoms with Crippen LogP contribution in [0.3, 0.4) is 0 Å². The smallest absolute Gasteiger partial charge is 0.0627 e. The summed E-state index contributed by atoms with van der Waals surface area (Å²) in [5, 5.41) is 0. The Kier molecular flexibility index (Phi) is 10.4. The highest BCUT2D eigenvalue weighted by molar-refractivity contribution is 4.96. The second-order valence-corrected chi connectivity index (χ2v) is 16.7. The Morgan fingerprint density at radius 1 is 0.743 bits per heavy atom. The maximum atomic E-state index is 6.40. The van der Waals surface area contributed by atoms with Crippen LogP contribution in [-0.2, 0) is 4.74 Å². The maximum absolute atomic E-state index is 6.40. The van der Waals surface area contributed by atoms with Gasteiger partial charge >= 0.3 is 0 Å². The van der Waals surface area contributed by atoms with Gasteiger partial charge in [-0.25, -0.2) is 0 Å². The second kappa shape index (κ2) is 11.7. The standard InChI is InChI=1S/C32H64N2O/c1-28(2,3)23-33-22-14-19-32(33,12)21-18-27-16-13-15-26(34(27)24-29(4,5)6)17-20-31(10,11)35-25-30(7,8)9/h26-27H,13-25H2,1-12H3. The van der Waals surface area contributed by atoms with Crippen molar-refractivity contribution >= 4 is 0 Å². The van der Waals surface area contributed by atoms with E-state index in [1.54, 1.807) is 0 Å². The molecule has 2 aliphatic heterocycles. The Balaban J connectivity index is 2.06. The predicted molar refractivity (Wildman–Crippen MR) is 154 cm³/mol. The largest absolute Gasteiger partial charge is 0.375 e.